The third-order valence-electron chi connectivity index (χ3n) is 3.58. The maximum atomic E-state index is 4.37. The van der Waals surface area contributed by atoms with Crippen LogP contribution in [0.4, 0.5) is 11.5 Å². The Hall–Kier alpha value is -2.59. The molecule has 0 aliphatic carbocycles. The normalized spacial score (nSPS) is 15.9. The molecule has 0 spiro atoms. The predicted octanol–water partition coefficient (Wildman–Crippen LogP) is 3.74. The number of hydrogen-bond acceptors (Lipinski definition) is 4. The van der Waals surface area contributed by atoms with Gasteiger partial charge in [-0.25, -0.2) is 4.98 Å². The third kappa shape index (κ3) is 3.79. The number of aromatic nitrogens is 1. The fraction of sp³-hybridized carbons (Fsp3) is 0.211. The van der Waals surface area contributed by atoms with Gasteiger partial charge in [0.1, 0.15) is 11.5 Å². The molecule has 2 N–H and O–H groups in total. The highest BCUT2D eigenvalue weighted by atomic mass is 15.2. The minimum absolute atomic E-state index is 0.323. The lowest BCUT2D eigenvalue weighted by Crippen LogP contribution is -2.53. The molecule has 4 heteroatoms. The lowest BCUT2D eigenvalue weighted by Gasteiger charge is -2.36. The van der Waals surface area contributed by atoms with Gasteiger partial charge in [-0.05, 0) is 50.3 Å². The van der Waals surface area contributed by atoms with E-state index in [0.717, 1.165) is 11.5 Å². The van der Waals surface area contributed by atoms with Crippen molar-refractivity contribution in [3.63, 3.8) is 0 Å². The molecule has 1 aromatic carbocycles. The van der Waals surface area contributed by atoms with Crippen molar-refractivity contribution in [2.24, 2.45) is 0 Å². The lowest BCUT2D eigenvalue weighted by molar-refractivity contribution is 0.472. The fourth-order valence-electron chi connectivity index (χ4n) is 2.62. The van der Waals surface area contributed by atoms with E-state index in [1.165, 1.54) is 0 Å². The van der Waals surface area contributed by atoms with Crippen LogP contribution in [0.1, 0.15) is 13.8 Å². The standard InChI is InChI=1S/C19H22N4/c1-16(2)21-19(22-18-10-6-7-13-20-18)11-14-23(15-12-19)17-8-4-3-5-9-17/h3-16,21H,1-2H3,(H,20,22). The Bertz CT molecular complexity index is 663. The number of para-hydroxylation sites is 1. The van der Waals surface area contributed by atoms with Crippen molar-refractivity contribution in [3.05, 3.63) is 79.3 Å². The summed E-state index contributed by atoms with van der Waals surface area (Å²) in [5, 5.41) is 7.04. The van der Waals surface area contributed by atoms with E-state index in [4.69, 9.17) is 0 Å². The molecule has 3 rings (SSSR count). The molecule has 1 aliphatic heterocycles. The second-order valence-corrected chi connectivity index (χ2v) is 5.88. The Labute approximate surface area is 137 Å². The zero-order chi connectivity index (χ0) is 16.1. The van der Waals surface area contributed by atoms with Gasteiger partial charge in [0.25, 0.3) is 0 Å². The molecule has 0 atom stereocenters. The van der Waals surface area contributed by atoms with Gasteiger partial charge in [-0.15, -0.1) is 0 Å². The molecule has 23 heavy (non-hydrogen) atoms. The van der Waals surface area contributed by atoms with Gasteiger partial charge in [-0.1, -0.05) is 24.3 Å². The molecule has 1 aliphatic rings. The van der Waals surface area contributed by atoms with E-state index in [2.05, 4.69) is 71.0 Å². The van der Waals surface area contributed by atoms with Gasteiger partial charge < -0.3 is 10.2 Å². The van der Waals surface area contributed by atoms with Gasteiger partial charge in [0, 0.05) is 30.3 Å². The summed E-state index contributed by atoms with van der Waals surface area (Å²) in [7, 11) is 0. The van der Waals surface area contributed by atoms with Crippen LogP contribution in [0, 0.1) is 0 Å². The fourth-order valence-corrected chi connectivity index (χ4v) is 2.62. The first-order valence-electron chi connectivity index (χ1n) is 7.86. The zero-order valence-corrected chi connectivity index (χ0v) is 13.5. The van der Waals surface area contributed by atoms with Gasteiger partial charge in [0.15, 0.2) is 0 Å². The van der Waals surface area contributed by atoms with Crippen molar-refractivity contribution in [1.29, 1.82) is 0 Å². The Kier molecular flexibility index (Phi) is 4.44. The van der Waals surface area contributed by atoms with Crippen LogP contribution in [0.15, 0.2) is 79.3 Å². The minimum Gasteiger partial charge on any atom is -0.345 e. The number of hydrogen-bond donors (Lipinski definition) is 2. The van der Waals surface area contributed by atoms with Crippen molar-refractivity contribution in [2.45, 2.75) is 25.6 Å². The van der Waals surface area contributed by atoms with Gasteiger partial charge in [-0.2, -0.15) is 0 Å². The van der Waals surface area contributed by atoms with Crippen molar-refractivity contribution in [1.82, 2.24) is 10.3 Å². The van der Waals surface area contributed by atoms with Crippen molar-refractivity contribution >= 4 is 11.5 Å². The molecular formula is C19H22N4. The molecule has 0 radical (unpaired) electrons. The van der Waals surface area contributed by atoms with E-state index in [1.807, 2.05) is 36.4 Å². The number of rotatable bonds is 5. The minimum atomic E-state index is -0.451. The summed E-state index contributed by atoms with van der Waals surface area (Å²) in [6.07, 6.45) is 10.2. The first kappa shape index (κ1) is 15.3. The first-order valence-corrected chi connectivity index (χ1v) is 7.86. The number of pyridine rings is 1. The maximum absolute atomic E-state index is 4.37. The molecule has 0 amide bonds. The highest BCUT2D eigenvalue weighted by Gasteiger charge is 2.27. The number of benzene rings is 1. The van der Waals surface area contributed by atoms with Gasteiger partial charge >= 0.3 is 0 Å². The summed E-state index contributed by atoms with van der Waals surface area (Å²) in [5.74, 6) is 0.836. The van der Waals surface area contributed by atoms with Crippen LogP contribution in [0.2, 0.25) is 0 Å². The van der Waals surface area contributed by atoms with E-state index >= 15 is 0 Å². The molecule has 118 valence electrons. The Morgan fingerprint density at radius 2 is 1.65 bits per heavy atom. The second-order valence-electron chi connectivity index (χ2n) is 5.88. The summed E-state index contributed by atoms with van der Waals surface area (Å²) in [6.45, 7) is 4.26. The number of nitrogens with zero attached hydrogens (tertiary/aromatic N) is 2. The zero-order valence-electron chi connectivity index (χ0n) is 13.5. The van der Waals surface area contributed by atoms with Crippen LogP contribution >= 0.6 is 0 Å². The van der Waals surface area contributed by atoms with Crippen molar-refractivity contribution in [3.8, 4) is 0 Å². The van der Waals surface area contributed by atoms with Crippen molar-refractivity contribution in [2.75, 3.05) is 10.2 Å². The van der Waals surface area contributed by atoms with Crippen molar-refractivity contribution < 1.29 is 0 Å². The summed E-state index contributed by atoms with van der Waals surface area (Å²) >= 11 is 0. The summed E-state index contributed by atoms with van der Waals surface area (Å²) in [6, 6.07) is 16.5. The smallest absolute Gasteiger partial charge is 0.132 e. The third-order valence-corrected chi connectivity index (χ3v) is 3.58. The highest BCUT2D eigenvalue weighted by molar-refractivity contribution is 5.56. The number of anilines is 2. The topological polar surface area (TPSA) is 40.2 Å². The van der Waals surface area contributed by atoms with E-state index in [0.29, 0.717) is 6.04 Å². The Balaban J connectivity index is 1.83. The predicted molar refractivity (Wildman–Crippen MR) is 96.1 cm³/mol. The Morgan fingerprint density at radius 1 is 0.957 bits per heavy atom. The van der Waals surface area contributed by atoms with E-state index < -0.39 is 5.66 Å². The van der Waals surface area contributed by atoms with Gasteiger partial charge in [-0.3, -0.25) is 5.32 Å². The van der Waals surface area contributed by atoms with Gasteiger partial charge in [0.05, 0.1) is 0 Å². The molecule has 0 fully saturated rings. The van der Waals surface area contributed by atoms with E-state index in [9.17, 15) is 0 Å². The summed E-state index contributed by atoms with van der Waals surface area (Å²) < 4.78 is 0. The molecule has 4 nitrogen and oxygen atoms in total. The average Bonchev–Trinajstić information content (AvgIpc) is 2.56. The van der Waals surface area contributed by atoms with E-state index in [1.54, 1.807) is 6.20 Å². The largest absolute Gasteiger partial charge is 0.345 e. The van der Waals surface area contributed by atoms with Crippen LogP contribution < -0.4 is 15.5 Å². The second kappa shape index (κ2) is 6.67. The molecule has 2 aromatic rings. The highest BCUT2D eigenvalue weighted by Crippen LogP contribution is 2.23. The molecule has 2 heterocycles. The van der Waals surface area contributed by atoms with Gasteiger partial charge in [0.2, 0.25) is 0 Å². The van der Waals surface area contributed by atoms with Crippen LogP contribution in [0.5, 0.6) is 0 Å². The number of nitrogens with one attached hydrogen (secondary N) is 2. The quantitative estimate of drug-likeness (QED) is 0.826. The molecule has 0 saturated heterocycles. The molecule has 0 bridgehead atoms. The first-order chi connectivity index (χ1) is 11.2. The molecule has 0 saturated carbocycles. The SMILES string of the molecule is CC(C)NC1(Nc2ccccn2)C=CN(c2ccccc2)C=C1. The molecular weight excluding hydrogens is 284 g/mol. The average molecular weight is 306 g/mol. The summed E-state index contributed by atoms with van der Waals surface area (Å²) in [4.78, 5) is 6.47. The molecule has 0 unspecified atom stereocenters. The van der Waals surface area contributed by atoms with Crippen LogP contribution in [-0.4, -0.2) is 16.7 Å². The molecule has 1 aromatic heterocycles. The van der Waals surface area contributed by atoms with Crippen LogP contribution in [0.25, 0.3) is 0 Å². The monoisotopic (exact) mass is 306 g/mol. The van der Waals surface area contributed by atoms with E-state index in [-0.39, 0.29) is 0 Å². The van der Waals surface area contributed by atoms with Crippen LogP contribution in [-0.2, 0) is 0 Å². The maximum Gasteiger partial charge on any atom is 0.132 e. The van der Waals surface area contributed by atoms with Crippen LogP contribution in [0.3, 0.4) is 0 Å². The summed E-state index contributed by atoms with van der Waals surface area (Å²) in [5.41, 5.74) is 0.685. The lowest BCUT2D eigenvalue weighted by atomic mass is 10.1. The Morgan fingerprint density at radius 3 is 2.26 bits per heavy atom.